The molecule has 136 valence electrons. The minimum Gasteiger partial charge on any atom is -0.496 e. The molecule has 2 rings (SSSR count). The van der Waals surface area contributed by atoms with Crippen LogP contribution >= 0.6 is 11.6 Å². The Balaban J connectivity index is 2.32. The number of benzene rings is 1. The molecule has 0 bridgehead atoms. The summed E-state index contributed by atoms with van der Waals surface area (Å²) in [6.07, 6.45) is 3.26. The minimum absolute atomic E-state index is 0.284. The summed E-state index contributed by atoms with van der Waals surface area (Å²) in [4.78, 5) is 9.03. The van der Waals surface area contributed by atoms with E-state index in [2.05, 4.69) is 36.8 Å². The lowest BCUT2D eigenvalue weighted by Gasteiger charge is -2.15. The summed E-state index contributed by atoms with van der Waals surface area (Å²) in [5, 5.41) is 0.284. The van der Waals surface area contributed by atoms with E-state index in [1.165, 1.54) is 5.56 Å². The van der Waals surface area contributed by atoms with Gasteiger partial charge >= 0.3 is 0 Å². The molecule has 0 atom stereocenters. The number of hydrogen-bond donors (Lipinski definition) is 0. The maximum Gasteiger partial charge on any atom is 0.252 e. The van der Waals surface area contributed by atoms with E-state index < -0.39 is 0 Å². The average Bonchev–Trinajstić information content (AvgIpc) is 2.60. The van der Waals surface area contributed by atoms with Gasteiger partial charge in [0, 0.05) is 5.56 Å². The van der Waals surface area contributed by atoms with Gasteiger partial charge in [-0.25, -0.2) is 9.97 Å². The number of rotatable bonds is 8. The third kappa shape index (κ3) is 4.85. The van der Waals surface area contributed by atoms with E-state index >= 15 is 0 Å². The number of methoxy groups -OCH3 is 1. The fourth-order valence-electron chi connectivity index (χ4n) is 2.61. The minimum atomic E-state index is 0.284. The highest BCUT2D eigenvalue weighted by Crippen LogP contribution is 2.35. The molecule has 1 aromatic carbocycles. The third-order valence-electron chi connectivity index (χ3n) is 4.13. The standard InChI is InChI=1S/C20H27ClN2O2/c1-6-7-8-11-25-20-19(21)23-18(14(4)22-20)16-10-9-15(13(2)3)12-17(16)24-5/h9-10,12-13H,6-8,11H2,1-5H3. The first-order valence-electron chi connectivity index (χ1n) is 8.83. The molecule has 0 spiro atoms. The molecule has 4 nitrogen and oxygen atoms in total. The molecule has 25 heavy (non-hydrogen) atoms. The van der Waals surface area contributed by atoms with Crippen LogP contribution in [0.3, 0.4) is 0 Å². The van der Waals surface area contributed by atoms with Crippen molar-refractivity contribution in [1.29, 1.82) is 0 Å². The Morgan fingerprint density at radius 1 is 1.16 bits per heavy atom. The number of hydrogen-bond acceptors (Lipinski definition) is 4. The molecule has 0 aliphatic rings. The lowest BCUT2D eigenvalue weighted by Crippen LogP contribution is -2.04. The highest BCUT2D eigenvalue weighted by Gasteiger charge is 2.16. The Labute approximate surface area is 155 Å². The van der Waals surface area contributed by atoms with Crippen molar-refractivity contribution < 1.29 is 9.47 Å². The van der Waals surface area contributed by atoms with E-state index in [-0.39, 0.29) is 5.15 Å². The Hall–Kier alpha value is -1.81. The van der Waals surface area contributed by atoms with Crippen LogP contribution in [0, 0.1) is 6.92 Å². The molecule has 0 N–H and O–H groups in total. The van der Waals surface area contributed by atoms with E-state index in [0.29, 0.717) is 18.4 Å². The molecule has 0 aliphatic carbocycles. The quantitative estimate of drug-likeness (QED) is 0.556. The van der Waals surface area contributed by atoms with Crippen molar-refractivity contribution in [3.8, 4) is 22.9 Å². The molecule has 5 heteroatoms. The third-order valence-corrected chi connectivity index (χ3v) is 4.38. The van der Waals surface area contributed by atoms with E-state index in [4.69, 9.17) is 21.1 Å². The molecule has 0 saturated heterocycles. The summed E-state index contributed by atoms with van der Waals surface area (Å²) in [6, 6.07) is 6.15. The van der Waals surface area contributed by atoms with Gasteiger partial charge in [0.05, 0.1) is 25.1 Å². The van der Waals surface area contributed by atoms with Gasteiger partial charge in [-0.2, -0.15) is 0 Å². The second-order valence-corrected chi connectivity index (χ2v) is 6.78. The fourth-order valence-corrected chi connectivity index (χ4v) is 2.79. The molecule has 1 aromatic heterocycles. The topological polar surface area (TPSA) is 44.2 Å². The van der Waals surface area contributed by atoms with E-state index in [9.17, 15) is 0 Å². The van der Waals surface area contributed by atoms with Gasteiger partial charge in [0.15, 0.2) is 5.15 Å². The van der Waals surface area contributed by atoms with Crippen LogP contribution in [-0.2, 0) is 0 Å². The maximum absolute atomic E-state index is 6.30. The van der Waals surface area contributed by atoms with Crippen molar-refractivity contribution >= 4 is 11.6 Å². The summed E-state index contributed by atoms with van der Waals surface area (Å²) in [5.74, 6) is 1.60. The zero-order chi connectivity index (χ0) is 18.4. The highest BCUT2D eigenvalue weighted by molar-refractivity contribution is 6.30. The lowest BCUT2D eigenvalue weighted by atomic mass is 9.99. The van der Waals surface area contributed by atoms with Crippen molar-refractivity contribution in [2.45, 2.75) is 52.9 Å². The Morgan fingerprint density at radius 2 is 1.92 bits per heavy atom. The molecule has 0 unspecified atom stereocenters. The van der Waals surface area contributed by atoms with Gasteiger partial charge in [-0.1, -0.05) is 51.3 Å². The van der Waals surface area contributed by atoms with Crippen molar-refractivity contribution in [1.82, 2.24) is 9.97 Å². The smallest absolute Gasteiger partial charge is 0.252 e. The predicted molar refractivity (Wildman–Crippen MR) is 103 cm³/mol. The monoisotopic (exact) mass is 362 g/mol. The largest absolute Gasteiger partial charge is 0.496 e. The molecule has 0 aliphatic heterocycles. The van der Waals surface area contributed by atoms with Crippen LogP contribution in [0.2, 0.25) is 5.15 Å². The van der Waals surface area contributed by atoms with Gasteiger partial charge in [-0.05, 0) is 37.0 Å². The number of aryl methyl sites for hydroxylation is 1. The van der Waals surface area contributed by atoms with Crippen LogP contribution in [-0.4, -0.2) is 23.7 Å². The van der Waals surface area contributed by atoms with Gasteiger partial charge < -0.3 is 9.47 Å². The zero-order valence-corrected chi connectivity index (χ0v) is 16.5. The first kappa shape index (κ1) is 19.5. The van der Waals surface area contributed by atoms with Crippen LogP contribution in [0.25, 0.3) is 11.3 Å². The molecule has 2 aromatic rings. The Morgan fingerprint density at radius 3 is 2.56 bits per heavy atom. The van der Waals surface area contributed by atoms with Crippen molar-refractivity contribution in [3.63, 3.8) is 0 Å². The zero-order valence-electron chi connectivity index (χ0n) is 15.7. The van der Waals surface area contributed by atoms with Crippen LogP contribution in [0.5, 0.6) is 11.6 Å². The first-order chi connectivity index (χ1) is 12.0. The average molecular weight is 363 g/mol. The van der Waals surface area contributed by atoms with Crippen LogP contribution in [0.1, 0.15) is 57.2 Å². The molecule has 0 saturated carbocycles. The van der Waals surface area contributed by atoms with Gasteiger partial charge in [0.1, 0.15) is 5.75 Å². The van der Waals surface area contributed by atoms with Gasteiger partial charge in [0.2, 0.25) is 0 Å². The molecule has 0 radical (unpaired) electrons. The van der Waals surface area contributed by atoms with E-state index in [0.717, 1.165) is 42.0 Å². The highest BCUT2D eigenvalue weighted by atomic mass is 35.5. The fraction of sp³-hybridized carbons (Fsp3) is 0.500. The van der Waals surface area contributed by atoms with Gasteiger partial charge in [-0.15, -0.1) is 0 Å². The molecule has 1 heterocycles. The number of halogens is 1. The van der Waals surface area contributed by atoms with Crippen molar-refractivity contribution in [2.24, 2.45) is 0 Å². The summed E-state index contributed by atoms with van der Waals surface area (Å²) in [5.41, 5.74) is 3.59. The molecular weight excluding hydrogens is 336 g/mol. The number of unbranched alkanes of at least 4 members (excludes halogenated alkanes) is 2. The summed E-state index contributed by atoms with van der Waals surface area (Å²) in [6.45, 7) is 8.98. The van der Waals surface area contributed by atoms with Crippen LogP contribution < -0.4 is 9.47 Å². The van der Waals surface area contributed by atoms with Gasteiger partial charge in [0.25, 0.3) is 5.88 Å². The predicted octanol–water partition coefficient (Wildman–Crippen LogP) is 5.81. The van der Waals surface area contributed by atoms with E-state index in [1.54, 1.807) is 7.11 Å². The number of aromatic nitrogens is 2. The lowest BCUT2D eigenvalue weighted by molar-refractivity contribution is 0.293. The van der Waals surface area contributed by atoms with Crippen LogP contribution in [0.4, 0.5) is 0 Å². The second kappa shape index (κ2) is 9.04. The SMILES string of the molecule is CCCCCOc1nc(C)c(-c2ccc(C(C)C)cc2OC)nc1Cl. The maximum atomic E-state index is 6.30. The molecular formula is C20H27ClN2O2. The first-order valence-corrected chi connectivity index (χ1v) is 9.21. The molecule has 0 fully saturated rings. The normalized spacial score (nSPS) is 11.0. The summed E-state index contributed by atoms with van der Waals surface area (Å²) < 4.78 is 11.2. The second-order valence-electron chi connectivity index (χ2n) is 6.42. The van der Waals surface area contributed by atoms with Gasteiger partial charge in [-0.3, -0.25) is 0 Å². The summed E-state index contributed by atoms with van der Waals surface area (Å²) >= 11 is 6.30. The van der Waals surface area contributed by atoms with Crippen molar-refractivity contribution in [2.75, 3.05) is 13.7 Å². The number of ether oxygens (including phenoxy) is 2. The van der Waals surface area contributed by atoms with Crippen LogP contribution in [0.15, 0.2) is 18.2 Å². The summed E-state index contributed by atoms with van der Waals surface area (Å²) in [7, 11) is 1.67. The van der Waals surface area contributed by atoms with E-state index in [1.807, 2.05) is 19.1 Å². The number of nitrogens with zero attached hydrogens (tertiary/aromatic N) is 2. The Kier molecular flexibility index (Phi) is 7.06. The molecule has 0 amide bonds. The van der Waals surface area contributed by atoms with Crippen molar-refractivity contribution in [3.05, 3.63) is 34.6 Å². The Bertz CT molecular complexity index is 717.